The molecule has 0 aliphatic rings. The molecule has 3 nitrogen and oxygen atoms in total. The van der Waals surface area contributed by atoms with E-state index in [1.165, 1.54) is 16.3 Å². The number of rotatable bonds is 0. The van der Waals surface area contributed by atoms with Crippen LogP contribution in [-0.4, -0.2) is 15.0 Å². The van der Waals surface area contributed by atoms with Crippen LogP contribution in [0.5, 0.6) is 0 Å². The summed E-state index contributed by atoms with van der Waals surface area (Å²) >= 11 is 0. The first-order valence-corrected chi connectivity index (χ1v) is 19.2. The van der Waals surface area contributed by atoms with E-state index in [0.29, 0.717) is 0 Å². The lowest BCUT2D eigenvalue weighted by Crippen LogP contribution is -1.86. The van der Waals surface area contributed by atoms with Crippen molar-refractivity contribution in [2.45, 2.75) is 20.8 Å². The van der Waals surface area contributed by atoms with Gasteiger partial charge in [-0.25, -0.2) is 0 Å². The van der Waals surface area contributed by atoms with Gasteiger partial charge in [0.1, 0.15) is 0 Å². The normalized spacial score (nSPS) is 10.7. The van der Waals surface area contributed by atoms with Gasteiger partial charge in [-0.3, -0.25) is 0 Å². The number of benzene rings is 7. The molecular weight excluding hydrogens is 703 g/mol. The monoisotopic (exact) mass is 735 g/mol. The molecule has 3 N–H and O–H groups in total. The summed E-state index contributed by atoms with van der Waals surface area (Å²) in [5.74, 6) is 33.0. The minimum Gasteiger partial charge on any atom is -0.355 e. The molecule has 0 radical (unpaired) electrons. The molecule has 0 amide bonds. The smallest absolute Gasteiger partial charge is 0.0465 e. The molecule has 0 saturated carbocycles. The molecular formula is C55H33N3. The second-order valence-corrected chi connectivity index (χ2v) is 14.5. The number of aromatic nitrogens is 3. The Morgan fingerprint density at radius 2 is 0.534 bits per heavy atom. The van der Waals surface area contributed by atoms with Crippen molar-refractivity contribution in [3.05, 3.63) is 177 Å². The minimum absolute atomic E-state index is 0.842. The lowest BCUT2D eigenvalue weighted by Gasteiger charge is -1.99. The number of aryl methyl sites for hydroxylation is 1. The molecule has 0 fully saturated rings. The molecule has 0 saturated heterocycles. The molecule has 268 valence electrons. The van der Waals surface area contributed by atoms with Crippen molar-refractivity contribution in [2.24, 2.45) is 0 Å². The van der Waals surface area contributed by atoms with Gasteiger partial charge in [0.15, 0.2) is 0 Å². The van der Waals surface area contributed by atoms with Gasteiger partial charge in [0.2, 0.25) is 0 Å². The summed E-state index contributed by atoms with van der Waals surface area (Å²) in [6, 6.07) is 44.1. The average Bonchev–Trinajstić information content (AvgIpc) is 3.91. The first kappa shape index (κ1) is 34.2. The van der Waals surface area contributed by atoms with Crippen LogP contribution < -0.4 is 0 Å². The number of hydrogen-bond donors (Lipinski definition) is 3. The van der Waals surface area contributed by atoms with Gasteiger partial charge < -0.3 is 15.0 Å². The Labute approximate surface area is 336 Å². The topological polar surface area (TPSA) is 47.4 Å². The highest BCUT2D eigenvalue weighted by Crippen LogP contribution is 2.30. The fraction of sp³-hybridized carbons (Fsp3) is 0.0545. The SMILES string of the molecule is CC#Cc1ccc2[nH]c3ccc(C#Cc4cc(C#Cc5ccc6[nH]c7ccc(C)cc7c6c5)cc(C#Cc5ccc6[nH]c7ccc(C#CC)cc7c6c5)c4)cc3c2c1. The molecule has 58 heavy (non-hydrogen) atoms. The Bertz CT molecular complexity index is 3520. The zero-order valence-electron chi connectivity index (χ0n) is 32.1. The van der Waals surface area contributed by atoms with Gasteiger partial charge in [-0.15, -0.1) is 11.8 Å². The van der Waals surface area contributed by atoms with Crippen LogP contribution in [0.4, 0.5) is 0 Å². The highest BCUT2D eigenvalue weighted by Gasteiger charge is 2.08. The fourth-order valence-corrected chi connectivity index (χ4v) is 7.76. The van der Waals surface area contributed by atoms with E-state index in [1.54, 1.807) is 0 Å². The number of H-pyrrole nitrogens is 3. The molecule has 3 aromatic heterocycles. The lowest BCUT2D eigenvalue weighted by molar-refractivity contribution is 1.48. The van der Waals surface area contributed by atoms with Crippen molar-refractivity contribution in [3.8, 4) is 59.2 Å². The third-order valence-corrected chi connectivity index (χ3v) is 10.5. The van der Waals surface area contributed by atoms with Gasteiger partial charge in [0.25, 0.3) is 0 Å². The Kier molecular flexibility index (Phi) is 8.33. The largest absolute Gasteiger partial charge is 0.355 e. The molecule has 10 rings (SSSR count). The predicted octanol–water partition coefficient (Wildman–Crippen LogP) is 11.8. The van der Waals surface area contributed by atoms with Crippen LogP contribution in [0.3, 0.4) is 0 Å². The van der Waals surface area contributed by atoms with Crippen LogP contribution in [0.15, 0.2) is 127 Å². The van der Waals surface area contributed by atoms with Crippen molar-refractivity contribution in [2.75, 3.05) is 0 Å². The van der Waals surface area contributed by atoms with Crippen LogP contribution in [0.2, 0.25) is 0 Å². The Hall–Kier alpha value is -8.26. The van der Waals surface area contributed by atoms with Crippen molar-refractivity contribution in [1.82, 2.24) is 15.0 Å². The van der Waals surface area contributed by atoms with Crippen LogP contribution >= 0.6 is 0 Å². The maximum Gasteiger partial charge on any atom is 0.0465 e. The average molecular weight is 736 g/mol. The summed E-state index contributed by atoms with van der Waals surface area (Å²) < 4.78 is 0. The van der Waals surface area contributed by atoms with Gasteiger partial charge in [-0.2, -0.15) is 0 Å². The third kappa shape index (κ3) is 6.49. The lowest BCUT2D eigenvalue weighted by atomic mass is 10.0. The van der Waals surface area contributed by atoms with E-state index in [4.69, 9.17) is 0 Å². The summed E-state index contributed by atoms with van der Waals surface area (Å²) in [6.45, 7) is 5.84. The maximum atomic E-state index is 3.53. The van der Waals surface area contributed by atoms with E-state index >= 15 is 0 Å². The molecule has 3 heteroatoms. The van der Waals surface area contributed by atoms with Gasteiger partial charge in [-0.05, 0) is 142 Å². The van der Waals surface area contributed by atoms with Gasteiger partial charge in [0.05, 0.1) is 0 Å². The summed E-state index contributed by atoms with van der Waals surface area (Å²) in [5, 5.41) is 6.88. The summed E-state index contributed by atoms with van der Waals surface area (Å²) in [6.07, 6.45) is 0. The Morgan fingerprint density at radius 3 is 0.845 bits per heavy atom. The molecule has 0 unspecified atom stereocenters. The molecule has 0 atom stereocenters. The van der Waals surface area contributed by atoms with Crippen LogP contribution in [0, 0.1) is 66.1 Å². The quantitative estimate of drug-likeness (QED) is 0.130. The van der Waals surface area contributed by atoms with Crippen LogP contribution in [0.1, 0.15) is 63.9 Å². The second-order valence-electron chi connectivity index (χ2n) is 14.5. The number of fused-ring (bicyclic) bond motifs is 9. The molecule has 0 aliphatic heterocycles. The maximum absolute atomic E-state index is 3.53. The highest BCUT2D eigenvalue weighted by atomic mass is 14.7. The van der Waals surface area contributed by atoms with Crippen LogP contribution in [-0.2, 0) is 0 Å². The molecule has 0 bridgehead atoms. The van der Waals surface area contributed by atoms with E-state index in [1.807, 2.05) is 44.2 Å². The van der Waals surface area contributed by atoms with E-state index in [-0.39, 0.29) is 0 Å². The van der Waals surface area contributed by atoms with E-state index in [2.05, 4.69) is 178 Å². The van der Waals surface area contributed by atoms with Gasteiger partial charge >= 0.3 is 0 Å². The van der Waals surface area contributed by atoms with E-state index < -0.39 is 0 Å². The molecule has 0 aliphatic carbocycles. The third-order valence-electron chi connectivity index (χ3n) is 10.5. The van der Waals surface area contributed by atoms with Gasteiger partial charge in [0, 0.05) is 110 Å². The Morgan fingerprint density at radius 1 is 0.276 bits per heavy atom. The number of aromatic amines is 3. The predicted molar refractivity (Wildman–Crippen MR) is 242 cm³/mol. The molecule has 0 spiro atoms. The van der Waals surface area contributed by atoms with Crippen molar-refractivity contribution >= 4 is 65.4 Å². The van der Waals surface area contributed by atoms with Gasteiger partial charge in [-0.1, -0.05) is 59.0 Å². The first-order chi connectivity index (χ1) is 28.5. The Balaban J connectivity index is 1.05. The number of hydrogen-bond acceptors (Lipinski definition) is 0. The first-order valence-electron chi connectivity index (χ1n) is 19.2. The number of nitrogens with one attached hydrogen (secondary N) is 3. The van der Waals surface area contributed by atoms with E-state index in [0.717, 1.165) is 99.2 Å². The zero-order chi connectivity index (χ0) is 39.2. The molecule has 3 heterocycles. The standard InChI is InChI=1S/C55H33N3/c1-4-6-36-15-21-52-46(30-36)48-33-39(18-24-54(48)57-52)10-13-42-27-41(12-9-38-17-23-51-45(32-38)44-26-35(3)8-20-50(44)56-51)28-43(29-42)14-11-40-19-25-55-49(34-40)47-31-37(7-5-2)16-22-53(47)58-55/h8,15-34,56-58H,1-3H3. The van der Waals surface area contributed by atoms with Crippen molar-refractivity contribution in [3.63, 3.8) is 0 Å². The van der Waals surface area contributed by atoms with E-state index in [9.17, 15) is 0 Å². The molecule has 10 aromatic rings. The minimum atomic E-state index is 0.842. The second kappa shape index (κ2) is 14.1. The summed E-state index contributed by atoms with van der Waals surface area (Å²) in [5.41, 5.74) is 15.1. The zero-order valence-corrected chi connectivity index (χ0v) is 32.1. The summed E-state index contributed by atoms with van der Waals surface area (Å²) in [7, 11) is 0. The fourth-order valence-electron chi connectivity index (χ4n) is 7.76. The highest BCUT2D eigenvalue weighted by molar-refractivity contribution is 6.10. The summed E-state index contributed by atoms with van der Waals surface area (Å²) in [4.78, 5) is 10.6. The van der Waals surface area contributed by atoms with Crippen LogP contribution in [0.25, 0.3) is 65.4 Å². The van der Waals surface area contributed by atoms with Crippen molar-refractivity contribution in [1.29, 1.82) is 0 Å². The van der Waals surface area contributed by atoms with Crippen molar-refractivity contribution < 1.29 is 0 Å². The molecule has 7 aromatic carbocycles.